The summed E-state index contributed by atoms with van der Waals surface area (Å²) in [4.78, 5) is 14.3. The van der Waals surface area contributed by atoms with Crippen molar-refractivity contribution in [3.63, 3.8) is 0 Å². The Labute approximate surface area is 115 Å². The van der Waals surface area contributed by atoms with Crippen LogP contribution in [-0.4, -0.2) is 33.7 Å². The molecule has 0 spiro atoms. The lowest BCUT2D eigenvalue weighted by molar-refractivity contribution is -0.133. The van der Waals surface area contributed by atoms with E-state index in [0.717, 1.165) is 24.2 Å². The van der Waals surface area contributed by atoms with Crippen molar-refractivity contribution in [1.82, 2.24) is 14.7 Å². The van der Waals surface area contributed by atoms with E-state index in [1.54, 1.807) is 0 Å². The van der Waals surface area contributed by atoms with E-state index in [4.69, 9.17) is 0 Å². The molecule has 1 aliphatic carbocycles. The number of likely N-dealkylation sites (N-methyl/N-ethyl adjacent to an activating group) is 1. The van der Waals surface area contributed by atoms with Crippen molar-refractivity contribution in [2.24, 2.45) is 0 Å². The summed E-state index contributed by atoms with van der Waals surface area (Å²) in [7, 11) is 1.95. The molecule has 19 heavy (non-hydrogen) atoms. The molecule has 1 aromatic rings. The Hall–Kier alpha value is -1.32. The highest BCUT2D eigenvalue weighted by atomic mass is 16.2. The fraction of sp³-hybridized carbons (Fsp3) is 0.733. The van der Waals surface area contributed by atoms with E-state index in [-0.39, 0.29) is 5.91 Å². The zero-order chi connectivity index (χ0) is 13.8. The Morgan fingerprint density at radius 3 is 2.47 bits per heavy atom. The maximum Gasteiger partial charge on any atom is 0.244 e. The molecule has 1 fully saturated rings. The van der Waals surface area contributed by atoms with Gasteiger partial charge in [-0.3, -0.25) is 9.48 Å². The van der Waals surface area contributed by atoms with E-state index in [1.807, 2.05) is 36.5 Å². The predicted molar refractivity (Wildman–Crippen MR) is 76.0 cm³/mol. The maximum atomic E-state index is 12.4. The monoisotopic (exact) mass is 263 g/mol. The molecule has 4 heteroatoms. The van der Waals surface area contributed by atoms with Gasteiger partial charge < -0.3 is 4.90 Å². The van der Waals surface area contributed by atoms with Gasteiger partial charge in [-0.05, 0) is 32.8 Å². The third kappa shape index (κ3) is 3.58. The maximum absolute atomic E-state index is 12.4. The quantitative estimate of drug-likeness (QED) is 0.786. The van der Waals surface area contributed by atoms with Gasteiger partial charge in [-0.25, -0.2) is 0 Å². The summed E-state index contributed by atoms with van der Waals surface area (Å²) < 4.78 is 1.81. The normalized spacial score (nSPS) is 17.2. The lowest BCUT2D eigenvalue weighted by Gasteiger charge is -2.27. The largest absolute Gasteiger partial charge is 0.341 e. The van der Waals surface area contributed by atoms with Crippen molar-refractivity contribution in [3.8, 4) is 0 Å². The van der Waals surface area contributed by atoms with Crippen LogP contribution in [0, 0.1) is 13.8 Å². The molecule has 0 aliphatic heterocycles. The highest BCUT2D eigenvalue weighted by Gasteiger charge is 2.21. The first-order valence-electron chi connectivity index (χ1n) is 7.34. The highest BCUT2D eigenvalue weighted by Crippen LogP contribution is 2.21. The van der Waals surface area contributed by atoms with Crippen LogP contribution in [-0.2, 0) is 11.3 Å². The van der Waals surface area contributed by atoms with Crippen LogP contribution in [0.15, 0.2) is 6.07 Å². The standard InChI is InChI=1S/C15H25N3O/c1-12-10-13(2)18(16-12)11-15(19)17(3)14-8-6-4-5-7-9-14/h10,14H,4-9,11H2,1-3H3. The van der Waals surface area contributed by atoms with Crippen LogP contribution < -0.4 is 0 Å². The highest BCUT2D eigenvalue weighted by molar-refractivity contribution is 5.76. The number of aryl methyl sites for hydroxylation is 2. The zero-order valence-corrected chi connectivity index (χ0v) is 12.4. The molecule has 1 amide bonds. The SMILES string of the molecule is Cc1cc(C)n(CC(=O)N(C)C2CCCCCC2)n1. The second-order valence-electron chi connectivity index (χ2n) is 5.73. The predicted octanol–water partition coefficient (Wildman–Crippen LogP) is 2.68. The summed E-state index contributed by atoms with van der Waals surface area (Å²) in [5.41, 5.74) is 2.03. The van der Waals surface area contributed by atoms with Crippen molar-refractivity contribution in [1.29, 1.82) is 0 Å². The lowest BCUT2D eigenvalue weighted by atomic mass is 10.1. The van der Waals surface area contributed by atoms with Gasteiger partial charge >= 0.3 is 0 Å². The molecule has 0 saturated heterocycles. The van der Waals surface area contributed by atoms with Gasteiger partial charge in [0.1, 0.15) is 6.54 Å². The summed E-state index contributed by atoms with van der Waals surface area (Å²) in [5.74, 6) is 0.179. The van der Waals surface area contributed by atoms with Crippen LogP contribution in [0.3, 0.4) is 0 Å². The Morgan fingerprint density at radius 2 is 1.95 bits per heavy atom. The third-order valence-corrected chi connectivity index (χ3v) is 4.15. The molecule has 0 radical (unpaired) electrons. The van der Waals surface area contributed by atoms with Crippen LogP contribution in [0.2, 0.25) is 0 Å². The fourth-order valence-electron chi connectivity index (χ4n) is 2.92. The number of aromatic nitrogens is 2. The minimum absolute atomic E-state index is 0.179. The number of hydrogen-bond acceptors (Lipinski definition) is 2. The first-order valence-corrected chi connectivity index (χ1v) is 7.34. The van der Waals surface area contributed by atoms with Crippen LogP contribution in [0.5, 0.6) is 0 Å². The Balaban J connectivity index is 1.96. The molecular formula is C15H25N3O. The molecule has 1 aliphatic rings. The third-order valence-electron chi connectivity index (χ3n) is 4.15. The summed E-state index contributed by atoms with van der Waals surface area (Å²) >= 11 is 0. The molecule has 0 atom stereocenters. The van der Waals surface area contributed by atoms with Gasteiger partial charge in [0, 0.05) is 18.8 Å². The number of carbonyl (C=O) groups excluding carboxylic acids is 1. The molecule has 1 heterocycles. The second kappa shape index (κ2) is 6.22. The van der Waals surface area contributed by atoms with E-state index in [1.165, 1.54) is 25.7 Å². The van der Waals surface area contributed by atoms with Crippen LogP contribution in [0.25, 0.3) is 0 Å². The molecule has 106 valence electrons. The fourth-order valence-corrected chi connectivity index (χ4v) is 2.92. The van der Waals surface area contributed by atoms with Gasteiger partial charge in [0.15, 0.2) is 0 Å². The van der Waals surface area contributed by atoms with Gasteiger partial charge in [-0.1, -0.05) is 25.7 Å². The summed E-state index contributed by atoms with van der Waals surface area (Å²) in [6, 6.07) is 2.44. The van der Waals surface area contributed by atoms with E-state index in [0.29, 0.717) is 12.6 Å². The van der Waals surface area contributed by atoms with Gasteiger partial charge in [0.05, 0.1) is 5.69 Å². The van der Waals surface area contributed by atoms with Gasteiger partial charge in [0.2, 0.25) is 5.91 Å². The number of amides is 1. The van der Waals surface area contributed by atoms with Crippen LogP contribution >= 0.6 is 0 Å². The van der Waals surface area contributed by atoms with E-state index in [2.05, 4.69) is 5.10 Å². The Morgan fingerprint density at radius 1 is 1.32 bits per heavy atom. The lowest BCUT2D eigenvalue weighted by Crippen LogP contribution is -2.39. The minimum atomic E-state index is 0.179. The van der Waals surface area contributed by atoms with Gasteiger partial charge in [-0.15, -0.1) is 0 Å². The molecule has 0 N–H and O–H groups in total. The molecule has 2 rings (SSSR count). The minimum Gasteiger partial charge on any atom is -0.341 e. The summed E-state index contributed by atoms with van der Waals surface area (Å²) in [5, 5.41) is 4.37. The van der Waals surface area contributed by atoms with E-state index >= 15 is 0 Å². The van der Waals surface area contributed by atoms with Crippen molar-refractivity contribution in [3.05, 3.63) is 17.5 Å². The van der Waals surface area contributed by atoms with Crippen LogP contribution in [0.4, 0.5) is 0 Å². The molecule has 0 aromatic carbocycles. The van der Waals surface area contributed by atoms with Crippen molar-refractivity contribution in [2.75, 3.05) is 7.05 Å². The first-order chi connectivity index (χ1) is 9.08. The zero-order valence-electron chi connectivity index (χ0n) is 12.4. The van der Waals surface area contributed by atoms with E-state index in [9.17, 15) is 4.79 Å². The molecule has 4 nitrogen and oxygen atoms in total. The average Bonchev–Trinajstić information content (AvgIpc) is 2.61. The van der Waals surface area contributed by atoms with E-state index < -0.39 is 0 Å². The molecule has 0 bridgehead atoms. The molecule has 0 unspecified atom stereocenters. The summed E-state index contributed by atoms with van der Waals surface area (Å²) in [6.45, 7) is 4.33. The molecule has 1 saturated carbocycles. The summed E-state index contributed by atoms with van der Waals surface area (Å²) in [6.07, 6.45) is 7.44. The number of rotatable bonds is 3. The van der Waals surface area contributed by atoms with Crippen molar-refractivity contribution >= 4 is 5.91 Å². The average molecular weight is 263 g/mol. The smallest absolute Gasteiger partial charge is 0.244 e. The Kier molecular flexibility index (Phi) is 4.61. The van der Waals surface area contributed by atoms with Crippen molar-refractivity contribution < 1.29 is 4.79 Å². The number of hydrogen-bond donors (Lipinski definition) is 0. The molecule has 1 aromatic heterocycles. The number of nitrogens with zero attached hydrogens (tertiary/aromatic N) is 3. The topological polar surface area (TPSA) is 38.1 Å². The second-order valence-corrected chi connectivity index (χ2v) is 5.73. The van der Waals surface area contributed by atoms with Gasteiger partial charge in [0.25, 0.3) is 0 Å². The van der Waals surface area contributed by atoms with Crippen LogP contribution in [0.1, 0.15) is 49.9 Å². The molecular weight excluding hydrogens is 238 g/mol. The number of carbonyl (C=O) groups is 1. The first kappa shape index (κ1) is 14.1. The van der Waals surface area contributed by atoms with Gasteiger partial charge in [-0.2, -0.15) is 5.10 Å². The Bertz CT molecular complexity index is 431. The van der Waals surface area contributed by atoms with Crippen molar-refractivity contribution in [2.45, 2.75) is 65.0 Å².